The lowest BCUT2D eigenvalue weighted by atomic mass is 10.4. The molecule has 0 amide bonds. The smallest absolute Gasteiger partial charge is 0.129 e. The summed E-state index contributed by atoms with van der Waals surface area (Å²) in [6, 6.07) is 3.65. The Kier molecular flexibility index (Phi) is 3.84. The molecule has 0 radical (unpaired) electrons. The Morgan fingerprint density at radius 3 is 2.92 bits per heavy atom. The molecule has 0 atom stereocenters. The summed E-state index contributed by atoms with van der Waals surface area (Å²) in [7, 11) is 0. The Bertz CT molecular complexity index is 222. The zero-order chi connectivity index (χ0) is 8.81. The first kappa shape index (κ1) is 9.29. The van der Waals surface area contributed by atoms with E-state index in [2.05, 4.69) is 10.3 Å². The van der Waals surface area contributed by atoms with Crippen molar-refractivity contribution in [1.29, 1.82) is 0 Å². The second kappa shape index (κ2) is 4.95. The average Bonchev–Trinajstić information content (AvgIpc) is 2.09. The van der Waals surface area contributed by atoms with Crippen LogP contribution in [-0.2, 0) is 0 Å². The summed E-state index contributed by atoms with van der Waals surface area (Å²) in [4.78, 5) is 3.93. The lowest BCUT2D eigenvalue weighted by Crippen LogP contribution is -2.08. The second-order valence-corrected chi connectivity index (χ2v) is 2.83. The van der Waals surface area contributed by atoms with E-state index in [1.807, 2.05) is 6.07 Å². The van der Waals surface area contributed by atoms with E-state index in [-0.39, 0.29) is 0 Å². The fourth-order valence-corrected chi connectivity index (χ4v) is 0.927. The van der Waals surface area contributed by atoms with Gasteiger partial charge in [-0.05, 0) is 25.1 Å². The van der Waals surface area contributed by atoms with Crippen LogP contribution in [0.5, 0.6) is 0 Å². The van der Waals surface area contributed by atoms with Gasteiger partial charge in [0.05, 0.1) is 11.9 Å². The minimum atomic E-state index is 0.513. The Labute approximate surface area is 76.9 Å². The van der Waals surface area contributed by atoms with Crippen LogP contribution < -0.4 is 11.1 Å². The van der Waals surface area contributed by atoms with Crippen LogP contribution in [0.15, 0.2) is 18.3 Å². The highest BCUT2D eigenvalue weighted by molar-refractivity contribution is 6.29. The maximum Gasteiger partial charge on any atom is 0.129 e. The molecule has 0 aromatic carbocycles. The van der Waals surface area contributed by atoms with Crippen LogP contribution >= 0.6 is 11.6 Å². The Morgan fingerprint density at radius 2 is 2.33 bits per heavy atom. The number of hydrogen-bond donors (Lipinski definition) is 2. The summed E-state index contributed by atoms with van der Waals surface area (Å²) < 4.78 is 0. The number of halogens is 1. The summed E-state index contributed by atoms with van der Waals surface area (Å²) in [6.45, 7) is 1.58. The number of pyridine rings is 1. The Hall–Kier alpha value is -0.800. The number of nitrogens with one attached hydrogen (secondary N) is 1. The van der Waals surface area contributed by atoms with E-state index >= 15 is 0 Å². The van der Waals surface area contributed by atoms with Gasteiger partial charge in [-0.15, -0.1) is 0 Å². The van der Waals surface area contributed by atoms with E-state index in [1.165, 1.54) is 0 Å². The molecular weight excluding hydrogens is 174 g/mol. The Balaban J connectivity index is 2.37. The van der Waals surface area contributed by atoms with E-state index in [0.717, 1.165) is 18.7 Å². The fraction of sp³-hybridized carbons (Fsp3) is 0.375. The molecule has 4 heteroatoms. The van der Waals surface area contributed by atoms with Gasteiger partial charge in [-0.25, -0.2) is 4.98 Å². The molecule has 1 aromatic rings. The van der Waals surface area contributed by atoms with Crippen molar-refractivity contribution in [3.63, 3.8) is 0 Å². The molecule has 0 bridgehead atoms. The van der Waals surface area contributed by atoms with Gasteiger partial charge in [-0.1, -0.05) is 11.6 Å². The molecule has 1 heterocycles. The molecule has 12 heavy (non-hydrogen) atoms. The predicted molar refractivity (Wildman–Crippen MR) is 51.4 cm³/mol. The van der Waals surface area contributed by atoms with Crippen LogP contribution in [0.1, 0.15) is 6.42 Å². The van der Waals surface area contributed by atoms with Gasteiger partial charge in [0.2, 0.25) is 0 Å². The molecule has 0 saturated heterocycles. The van der Waals surface area contributed by atoms with E-state index in [4.69, 9.17) is 17.3 Å². The number of nitrogens with zero attached hydrogens (tertiary/aromatic N) is 1. The maximum atomic E-state index is 5.61. The van der Waals surface area contributed by atoms with Crippen molar-refractivity contribution in [2.45, 2.75) is 6.42 Å². The lowest BCUT2D eigenvalue weighted by Gasteiger charge is -2.03. The molecule has 1 rings (SSSR count). The maximum absolute atomic E-state index is 5.61. The summed E-state index contributed by atoms with van der Waals surface area (Å²) in [6.07, 6.45) is 2.67. The minimum Gasteiger partial charge on any atom is -0.384 e. The van der Waals surface area contributed by atoms with Crippen LogP contribution in [0.3, 0.4) is 0 Å². The van der Waals surface area contributed by atoms with Gasteiger partial charge >= 0.3 is 0 Å². The van der Waals surface area contributed by atoms with E-state index in [0.29, 0.717) is 11.7 Å². The molecule has 0 aliphatic carbocycles. The van der Waals surface area contributed by atoms with Crippen LogP contribution in [0.25, 0.3) is 0 Å². The standard InChI is InChI=1S/C8H12ClN3/c9-8-3-2-7(6-12-8)11-5-1-4-10/h2-3,6,11H,1,4-5,10H2. The van der Waals surface area contributed by atoms with Crippen molar-refractivity contribution in [3.8, 4) is 0 Å². The van der Waals surface area contributed by atoms with Crippen LogP contribution in [0, 0.1) is 0 Å². The molecule has 0 fully saturated rings. The summed E-state index contributed by atoms with van der Waals surface area (Å²) in [5.41, 5.74) is 6.32. The van der Waals surface area contributed by atoms with E-state index < -0.39 is 0 Å². The number of rotatable bonds is 4. The normalized spacial score (nSPS) is 9.83. The third-order valence-corrected chi connectivity index (χ3v) is 1.66. The molecule has 0 unspecified atom stereocenters. The highest BCUT2D eigenvalue weighted by Gasteiger charge is 1.91. The van der Waals surface area contributed by atoms with E-state index in [9.17, 15) is 0 Å². The fourth-order valence-electron chi connectivity index (χ4n) is 0.815. The molecule has 1 aromatic heterocycles. The first-order valence-corrected chi connectivity index (χ1v) is 4.26. The van der Waals surface area contributed by atoms with Crippen LogP contribution in [0.2, 0.25) is 5.15 Å². The highest BCUT2D eigenvalue weighted by atomic mass is 35.5. The zero-order valence-corrected chi connectivity index (χ0v) is 7.51. The first-order chi connectivity index (χ1) is 5.83. The van der Waals surface area contributed by atoms with Gasteiger partial charge in [-0.2, -0.15) is 0 Å². The van der Waals surface area contributed by atoms with Crippen molar-refractivity contribution in [2.24, 2.45) is 5.73 Å². The third kappa shape index (κ3) is 3.07. The van der Waals surface area contributed by atoms with Crippen LogP contribution in [-0.4, -0.2) is 18.1 Å². The van der Waals surface area contributed by atoms with Crippen molar-refractivity contribution in [3.05, 3.63) is 23.5 Å². The third-order valence-electron chi connectivity index (χ3n) is 1.44. The molecule has 0 spiro atoms. The highest BCUT2D eigenvalue weighted by Crippen LogP contribution is 2.08. The Morgan fingerprint density at radius 1 is 1.50 bits per heavy atom. The number of aromatic nitrogens is 1. The SMILES string of the molecule is NCCCNc1ccc(Cl)nc1. The van der Waals surface area contributed by atoms with Crippen molar-refractivity contribution < 1.29 is 0 Å². The predicted octanol–water partition coefficient (Wildman–Crippen LogP) is 1.50. The number of anilines is 1. The molecular formula is C8H12ClN3. The topological polar surface area (TPSA) is 50.9 Å². The molecule has 0 aliphatic rings. The first-order valence-electron chi connectivity index (χ1n) is 3.88. The van der Waals surface area contributed by atoms with Crippen molar-refractivity contribution in [1.82, 2.24) is 4.98 Å². The largest absolute Gasteiger partial charge is 0.384 e. The van der Waals surface area contributed by atoms with Gasteiger partial charge in [0, 0.05) is 6.54 Å². The molecule has 3 nitrogen and oxygen atoms in total. The molecule has 3 N–H and O–H groups in total. The lowest BCUT2D eigenvalue weighted by molar-refractivity contribution is 0.874. The summed E-state index contributed by atoms with van der Waals surface area (Å²) >= 11 is 5.61. The van der Waals surface area contributed by atoms with Gasteiger partial charge in [0.25, 0.3) is 0 Å². The number of hydrogen-bond acceptors (Lipinski definition) is 3. The van der Waals surface area contributed by atoms with Gasteiger partial charge in [0.1, 0.15) is 5.15 Å². The summed E-state index contributed by atoms with van der Waals surface area (Å²) in [5, 5.41) is 3.68. The monoisotopic (exact) mass is 185 g/mol. The van der Waals surface area contributed by atoms with Crippen LogP contribution in [0.4, 0.5) is 5.69 Å². The van der Waals surface area contributed by atoms with Gasteiger partial charge in [0.15, 0.2) is 0 Å². The second-order valence-electron chi connectivity index (χ2n) is 2.44. The van der Waals surface area contributed by atoms with Crippen molar-refractivity contribution in [2.75, 3.05) is 18.4 Å². The van der Waals surface area contributed by atoms with Gasteiger partial charge in [-0.3, -0.25) is 0 Å². The molecule has 66 valence electrons. The summed E-state index contributed by atoms with van der Waals surface area (Å²) in [5.74, 6) is 0. The van der Waals surface area contributed by atoms with Gasteiger partial charge < -0.3 is 11.1 Å². The zero-order valence-electron chi connectivity index (χ0n) is 6.76. The quantitative estimate of drug-likeness (QED) is 0.552. The minimum absolute atomic E-state index is 0.513. The van der Waals surface area contributed by atoms with Crippen molar-refractivity contribution >= 4 is 17.3 Å². The molecule has 0 aliphatic heterocycles. The molecule has 0 saturated carbocycles. The number of nitrogens with two attached hydrogens (primary N) is 1. The average molecular weight is 186 g/mol. The van der Waals surface area contributed by atoms with E-state index in [1.54, 1.807) is 12.3 Å².